The van der Waals surface area contributed by atoms with Gasteiger partial charge < -0.3 is 9.47 Å². The van der Waals surface area contributed by atoms with Crippen LogP contribution in [0.5, 0.6) is 17.5 Å². The Hall–Kier alpha value is -3.85. The maximum atomic E-state index is 13.2. The summed E-state index contributed by atoms with van der Waals surface area (Å²) in [5.41, 5.74) is 1.86. The second-order valence-electron chi connectivity index (χ2n) is 7.20. The Morgan fingerprint density at radius 3 is 2.48 bits per heavy atom. The van der Waals surface area contributed by atoms with E-state index in [2.05, 4.69) is 24.4 Å². The molecule has 0 bridgehead atoms. The van der Waals surface area contributed by atoms with E-state index in [1.54, 1.807) is 13.0 Å². The molecule has 0 fully saturated rings. The number of hydrogen-bond acceptors (Lipinski definition) is 8. The molecule has 0 spiro atoms. The van der Waals surface area contributed by atoms with Gasteiger partial charge >= 0.3 is 6.11 Å². The third-order valence-corrected chi connectivity index (χ3v) is 4.70. The summed E-state index contributed by atoms with van der Waals surface area (Å²) < 4.78 is 62.8. The number of aryl methyl sites for hydroxylation is 2. The van der Waals surface area contributed by atoms with Gasteiger partial charge in [0.05, 0.1) is 23.2 Å². The maximum absolute atomic E-state index is 13.2. The Labute approximate surface area is 189 Å². The number of alkyl halides is 2. The monoisotopic (exact) mass is 475 g/mol. The lowest BCUT2D eigenvalue weighted by molar-refractivity contribution is -0.161. The first-order chi connectivity index (χ1) is 15.3. The van der Waals surface area contributed by atoms with Crippen molar-refractivity contribution in [3.63, 3.8) is 0 Å². The molecule has 0 aliphatic carbocycles. The van der Waals surface area contributed by atoms with E-state index in [0.717, 1.165) is 6.26 Å². The molecular weight excluding hydrogens is 456 g/mol. The fourth-order valence-corrected chi connectivity index (χ4v) is 3.42. The molecule has 0 amide bonds. The number of hydrogen-bond donors (Lipinski definition) is 1. The van der Waals surface area contributed by atoms with Crippen molar-refractivity contribution in [2.75, 3.05) is 11.0 Å². The third kappa shape index (κ3) is 6.33. The smallest absolute Gasteiger partial charge is 0.396 e. The van der Waals surface area contributed by atoms with E-state index >= 15 is 0 Å². The molecule has 0 aromatic carbocycles. The van der Waals surface area contributed by atoms with Gasteiger partial charge in [-0.1, -0.05) is 0 Å². The van der Waals surface area contributed by atoms with E-state index < -0.39 is 16.1 Å². The van der Waals surface area contributed by atoms with Crippen molar-refractivity contribution in [3.05, 3.63) is 53.5 Å². The van der Waals surface area contributed by atoms with E-state index in [-0.39, 0.29) is 28.9 Å². The van der Waals surface area contributed by atoms with E-state index in [0.29, 0.717) is 29.3 Å². The van der Waals surface area contributed by atoms with Gasteiger partial charge in [0, 0.05) is 30.9 Å². The summed E-state index contributed by atoms with van der Waals surface area (Å²) in [4.78, 5) is 12.4. The highest BCUT2D eigenvalue weighted by molar-refractivity contribution is 7.92. The normalized spacial score (nSPS) is 11.5. The van der Waals surface area contributed by atoms with Gasteiger partial charge in [-0.15, -0.1) is 0 Å². The van der Waals surface area contributed by atoms with Crippen molar-refractivity contribution < 1.29 is 26.7 Å². The Morgan fingerprint density at radius 1 is 1.15 bits per heavy atom. The number of nitrogens with zero attached hydrogens (tertiary/aromatic N) is 4. The zero-order valence-electron chi connectivity index (χ0n) is 18.1. The van der Waals surface area contributed by atoms with Gasteiger partial charge in [-0.2, -0.15) is 14.0 Å². The van der Waals surface area contributed by atoms with Crippen LogP contribution in [0.25, 0.3) is 11.3 Å². The van der Waals surface area contributed by atoms with Crippen LogP contribution < -0.4 is 14.2 Å². The van der Waals surface area contributed by atoms with Crippen molar-refractivity contribution in [3.8, 4) is 34.8 Å². The van der Waals surface area contributed by atoms with E-state index in [4.69, 9.17) is 10.00 Å². The summed E-state index contributed by atoms with van der Waals surface area (Å²) in [5.74, 6) is -0.213. The summed E-state index contributed by atoms with van der Waals surface area (Å²) >= 11 is 0. The number of nitrogens with one attached hydrogen (secondary N) is 1. The minimum atomic E-state index is -3.67. The number of rotatable bonds is 7. The SMILES string of the molecule is Cc1cc(OC(C)(F)F)nc(C)c1Oc1nc(-c2cncc(C#N)c2)ccc1NS(C)(=O)=O. The molecule has 0 saturated heterocycles. The number of halogens is 2. The molecular formula is C21H19F2N5O4S. The molecule has 3 aromatic rings. The Bertz CT molecular complexity index is 1330. The minimum absolute atomic E-state index is 0.0462. The highest BCUT2D eigenvalue weighted by Crippen LogP contribution is 2.35. The van der Waals surface area contributed by atoms with Crippen LogP contribution in [0.1, 0.15) is 23.7 Å². The van der Waals surface area contributed by atoms with Gasteiger partial charge in [0.15, 0.2) is 5.75 Å². The maximum Gasteiger partial charge on any atom is 0.396 e. The largest absolute Gasteiger partial charge is 0.435 e. The summed E-state index contributed by atoms with van der Waals surface area (Å²) in [5, 5.41) is 9.11. The third-order valence-electron chi connectivity index (χ3n) is 4.11. The molecule has 0 atom stereocenters. The lowest BCUT2D eigenvalue weighted by Gasteiger charge is -2.17. The average molecular weight is 475 g/mol. The topological polar surface area (TPSA) is 127 Å². The molecule has 172 valence electrons. The van der Waals surface area contributed by atoms with Crippen LogP contribution in [0.15, 0.2) is 36.7 Å². The van der Waals surface area contributed by atoms with Gasteiger partial charge in [0.2, 0.25) is 21.8 Å². The lowest BCUT2D eigenvalue weighted by atomic mass is 10.1. The fourth-order valence-electron chi connectivity index (χ4n) is 2.87. The second kappa shape index (κ2) is 8.95. The standard InChI is InChI=1S/C21H19F2N5O4S/c1-12-7-18(32-21(3,22)23)26-13(2)19(12)31-20-17(28-33(4,29)30)6-5-16(27-20)15-8-14(9-24)10-25-11-15/h5-8,10-11,28H,1-4H3. The molecule has 1 N–H and O–H groups in total. The van der Waals surface area contributed by atoms with E-state index in [1.165, 1.54) is 37.5 Å². The Kier molecular flexibility index (Phi) is 6.46. The molecule has 3 aromatic heterocycles. The Morgan fingerprint density at radius 2 is 1.88 bits per heavy atom. The van der Waals surface area contributed by atoms with Crippen LogP contribution in [-0.2, 0) is 10.0 Å². The molecule has 9 nitrogen and oxygen atoms in total. The molecule has 0 saturated carbocycles. The molecule has 3 rings (SSSR count). The molecule has 33 heavy (non-hydrogen) atoms. The van der Waals surface area contributed by atoms with Crippen LogP contribution in [0, 0.1) is 25.2 Å². The molecule has 0 aliphatic heterocycles. The van der Waals surface area contributed by atoms with Gasteiger partial charge in [-0.05, 0) is 37.6 Å². The summed E-state index contributed by atoms with van der Waals surface area (Å²) in [6.07, 6.45) is 0.441. The second-order valence-corrected chi connectivity index (χ2v) is 8.95. The van der Waals surface area contributed by atoms with E-state index in [9.17, 15) is 17.2 Å². The molecule has 0 unspecified atom stereocenters. The van der Waals surface area contributed by atoms with Crippen molar-refractivity contribution in [2.45, 2.75) is 26.9 Å². The van der Waals surface area contributed by atoms with Gasteiger partial charge in [-0.25, -0.2) is 18.4 Å². The van der Waals surface area contributed by atoms with Gasteiger partial charge in [0.1, 0.15) is 11.8 Å². The quantitative estimate of drug-likeness (QED) is 0.539. The van der Waals surface area contributed by atoms with E-state index in [1.807, 2.05) is 6.07 Å². The summed E-state index contributed by atoms with van der Waals surface area (Å²) in [6, 6.07) is 7.81. The van der Waals surface area contributed by atoms with Crippen LogP contribution in [0.4, 0.5) is 14.5 Å². The predicted octanol–water partition coefficient (Wildman–Crippen LogP) is 4.18. The van der Waals surface area contributed by atoms with Gasteiger partial charge in [-0.3, -0.25) is 9.71 Å². The van der Waals surface area contributed by atoms with Crippen molar-refractivity contribution >= 4 is 15.7 Å². The lowest BCUT2D eigenvalue weighted by Crippen LogP contribution is -2.20. The van der Waals surface area contributed by atoms with Crippen LogP contribution in [-0.4, -0.2) is 35.7 Å². The summed E-state index contributed by atoms with van der Waals surface area (Å²) in [6.45, 7) is 3.72. The molecule has 0 aliphatic rings. The number of nitriles is 1. The highest BCUT2D eigenvalue weighted by atomic mass is 32.2. The average Bonchev–Trinajstić information content (AvgIpc) is 2.69. The van der Waals surface area contributed by atoms with Crippen LogP contribution in [0.2, 0.25) is 0 Å². The zero-order chi connectivity index (χ0) is 24.4. The predicted molar refractivity (Wildman–Crippen MR) is 116 cm³/mol. The van der Waals surface area contributed by atoms with Crippen LogP contribution in [0.3, 0.4) is 0 Å². The first-order valence-corrected chi connectivity index (χ1v) is 11.3. The number of anilines is 1. The van der Waals surface area contributed by atoms with Crippen molar-refractivity contribution in [1.29, 1.82) is 5.26 Å². The highest BCUT2D eigenvalue weighted by Gasteiger charge is 2.25. The number of ether oxygens (including phenoxy) is 2. The summed E-state index contributed by atoms with van der Waals surface area (Å²) in [7, 11) is -3.67. The first kappa shape index (κ1) is 23.8. The van der Waals surface area contributed by atoms with Crippen LogP contribution >= 0.6 is 0 Å². The van der Waals surface area contributed by atoms with Crippen molar-refractivity contribution in [2.24, 2.45) is 0 Å². The Balaban J connectivity index is 2.07. The number of aromatic nitrogens is 3. The van der Waals surface area contributed by atoms with Crippen molar-refractivity contribution in [1.82, 2.24) is 15.0 Å². The van der Waals surface area contributed by atoms with Gasteiger partial charge in [0.25, 0.3) is 0 Å². The minimum Gasteiger partial charge on any atom is -0.435 e. The zero-order valence-corrected chi connectivity index (χ0v) is 18.9. The molecule has 12 heteroatoms. The molecule has 3 heterocycles. The fraction of sp³-hybridized carbons (Fsp3) is 0.238. The first-order valence-electron chi connectivity index (χ1n) is 9.42. The number of pyridine rings is 3. The molecule has 0 radical (unpaired) electrons. The number of sulfonamides is 1.